The summed E-state index contributed by atoms with van der Waals surface area (Å²) < 4.78 is 14.7. The van der Waals surface area contributed by atoms with Gasteiger partial charge >= 0.3 is 0 Å². The molecule has 0 fully saturated rings. The largest absolute Gasteiger partial charge is 0.309 e. The molecule has 0 unspecified atom stereocenters. The maximum absolute atomic E-state index is 14.7. The van der Waals surface area contributed by atoms with Gasteiger partial charge in [-0.1, -0.05) is 140 Å². The van der Waals surface area contributed by atoms with Crippen LogP contribution >= 0.6 is 7.14 Å². The summed E-state index contributed by atoms with van der Waals surface area (Å²) in [7, 11) is -3.00. The van der Waals surface area contributed by atoms with E-state index in [0.717, 1.165) is 49.1 Å². The number of pyridine rings is 1. The predicted octanol–water partition coefficient (Wildman–Crippen LogP) is 7.21. The highest BCUT2D eigenvalue weighted by molar-refractivity contribution is 7.85. The first-order valence-corrected chi connectivity index (χ1v) is 13.7. The van der Waals surface area contributed by atoms with E-state index >= 15 is 0 Å². The molecule has 172 valence electrons. The second-order valence-electron chi connectivity index (χ2n) is 8.76. The number of hydrogen-bond donors (Lipinski definition) is 0. The van der Waals surface area contributed by atoms with E-state index in [1.54, 1.807) is 0 Å². The Morgan fingerprint density at radius 1 is 0.444 bits per heavy atom. The van der Waals surface area contributed by atoms with E-state index in [4.69, 9.17) is 4.98 Å². The van der Waals surface area contributed by atoms with Crippen LogP contribution in [0.1, 0.15) is 0 Å². The van der Waals surface area contributed by atoms with Crippen molar-refractivity contribution >= 4 is 33.8 Å². The third-order valence-corrected chi connectivity index (χ3v) is 9.70. The van der Waals surface area contributed by atoms with Crippen molar-refractivity contribution in [2.75, 3.05) is 0 Å². The number of nitrogens with zero attached hydrogens (tertiary/aromatic N) is 1. The van der Waals surface area contributed by atoms with Crippen LogP contribution in [0.15, 0.2) is 146 Å². The molecule has 6 rings (SSSR count). The molecule has 0 amide bonds. The van der Waals surface area contributed by atoms with Crippen LogP contribution in [0.2, 0.25) is 0 Å². The lowest BCUT2D eigenvalue weighted by Gasteiger charge is -2.20. The van der Waals surface area contributed by atoms with Gasteiger partial charge < -0.3 is 4.57 Å². The molecule has 2 nitrogen and oxygen atoms in total. The van der Waals surface area contributed by atoms with Gasteiger partial charge in [0.25, 0.3) is 0 Å². The van der Waals surface area contributed by atoms with Crippen LogP contribution < -0.4 is 15.9 Å². The zero-order valence-corrected chi connectivity index (χ0v) is 20.6. The minimum atomic E-state index is -3.00. The molecule has 5 aromatic carbocycles. The summed E-state index contributed by atoms with van der Waals surface area (Å²) in [5.41, 5.74) is 4.19. The van der Waals surface area contributed by atoms with Gasteiger partial charge in [0.15, 0.2) is 7.14 Å². The summed E-state index contributed by atoms with van der Waals surface area (Å²) in [6.45, 7) is 0. The SMILES string of the molecule is O=P(c1ccccc1)(c1ccccc1)c1ccc(-c2cnc(-c3ccccc3)c3ccccc23)cc1. The Kier molecular flexibility index (Phi) is 5.81. The molecule has 0 aliphatic heterocycles. The minimum Gasteiger partial charge on any atom is -0.309 e. The third-order valence-electron chi connectivity index (χ3n) is 6.62. The van der Waals surface area contributed by atoms with Crippen molar-refractivity contribution in [3.8, 4) is 22.4 Å². The molecule has 0 spiro atoms. The Morgan fingerprint density at radius 3 is 1.50 bits per heavy atom. The van der Waals surface area contributed by atoms with E-state index in [-0.39, 0.29) is 0 Å². The van der Waals surface area contributed by atoms with Crippen molar-refractivity contribution in [3.63, 3.8) is 0 Å². The van der Waals surface area contributed by atoms with Crippen LogP contribution in [-0.4, -0.2) is 4.98 Å². The number of aromatic nitrogens is 1. The average Bonchev–Trinajstić information content (AvgIpc) is 2.97. The summed E-state index contributed by atoms with van der Waals surface area (Å²) in [4.78, 5) is 4.87. The summed E-state index contributed by atoms with van der Waals surface area (Å²) in [6, 6.07) is 46.4. The highest BCUT2D eigenvalue weighted by Crippen LogP contribution is 2.43. The highest BCUT2D eigenvalue weighted by atomic mass is 31.2. The van der Waals surface area contributed by atoms with Crippen LogP contribution in [0.5, 0.6) is 0 Å². The lowest BCUT2D eigenvalue weighted by molar-refractivity contribution is 0.592. The Labute approximate surface area is 211 Å². The fourth-order valence-electron chi connectivity index (χ4n) is 4.82. The fraction of sp³-hybridized carbons (Fsp3) is 0. The minimum absolute atomic E-state index is 0.821. The zero-order valence-electron chi connectivity index (χ0n) is 19.7. The lowest BCUT2D eigenvalue weighted by Crippen LogP contribution is -2.24. The maximum Gasteiger partial charge on any atom is 0.171 e. The summed E-state index contributed by atoms with van der Waals surface area (Å²) in [5, 5.41) is 4.76. The molecule has 0 bridgehead atoms. The summed E-state index contributed by atoms with van der Waals surface area (Å²) in [5.74, 6) is 0. The van der Waals surface area contributed by atoms with Gasteiger partial charge in [-0.15, -0.1) is 0 Å². The van der Waals surface area contributed by atoms with Gasteiger partial charge in [-0.2, -0.15) is 0 Å². The van der Waals surface area contributed by atoms with Gasteiger partial charge in [0.1, 0.15) is 0 Å². The molecule has 0 saturated heterocycles. The van der Waals surface area contributed by atoms with E-state index in [2.05, 4.69) is 48.5 Å². The first-order chi connectivity index (χ1) is 17.7. The Bertz CT molecular complexity index is 1640. The average molecular weight is 482 g/mol. The van der Waals surface area contributed by atoms with E-state index in [1.165, 1.54) is 0 Å². The smallest absolute Gasteiger partial charge is 0.171 e. The van der Waals surface area contributed by atoms with Gasteiger partial charge in [-0.25, -0.2) is 0 Å². The van der Waals surface area contributed by atoms with Crippen LogP contribution in [0.4, 0.5) is 0 Å². The Morgan fingerprint density at radius 2 is 0.917 bits per heavy atom. The molecule has 0 aliphatic carbocycles. The first kappa shape index (κ1) is 22.2. The zero-order chi connectivity index (χ0) is 24.4. The Hall–Kier alpha value is -4.26. The third kappa shape index (κ3) is 3.86. The molecule has 3 heteroatoms. The van der Waals surface area contributed by atoms with Crippen molar-refractivity contribution in [1.82, 2.24) is 4.98 Å². The summed E-state index contributed by atoms with van der Waals surface area (Å²) in [6.07, 6.45) is 1.95. The van der Waals surface area contributed by atoms with E-state index in [9.17, 15) is 4.57 Å². The number of fused-ring (bicyclic) bond motifs is 1. The fourth-order valence-corrected chi connectivity index (χ4v) is 7.47. The molecule has 36 heavy (non-hydrogen) atoms. The summed E-state index contributed by atoms with van der Waals surface area (Å²) >= 11 is 0. The van der Waals surface area contributed by atoms with Gasteiger partial charge in [-0.3, -0.25) is 4.98 Å². The van der Waals surface area contributed by atoms with E-state index in [0.29, 0.717) is 0 Å². The molecule has 0 atom stereocenters. The van der Waals surface area contributed by atoms with E-state index in [1.807, 2.05) is 97.2 Å². The van der Waals surface area contributed by atoms with Crippen LogP contribution in [-0.2, 0) is 4.57 Å². The second kappa shape index (κ2) is 9.41. The van der Waals surface area contributed by atoms with Crippen molar-refractivity contribution in [1.29, 1.82) is 0 Å². The monoisotopic (exact) mass is 481 g/mol. The molecular weight excluding hydrogens is 457 g/mol. The molecule has 0 N–H and O–H groups in total. The maximum atomic E-state index is 14.7. The molecule has 1 aromatic heterocycles. The number of hydrogen-bond acceptors (Lipinski definition) is 2. The number of benzene rings is 5. The van der Waals surface area contributed by atoms with E-state index < -0.39 is 7.14 Å². The van der Waals surface area contributed by atoms with Crippen LogP contribution in [0, 0.1) is 0 Å². The quantitative estimate of drug-likeness (QED) is 0.244. The molecule has 0 aliphatic rings. The Balaban J connectivity index is 1.47. The topological polar surface area (TPSA) is 30.0 Å². The molecular formula is C33H24NOP. The molecule has 0 saturated carbocycles. The molecule has 6 aromatic rings. The second-order valence-corrected chi connectivity index (χ2v) is 11.5. The van der Waals surface area contributed by atoms with Gasteiger partial charge in [-0.05, 0) is 10.9 Å². The van der Waals surface area contributed by atoms with Crippen molar-refractivity contribution in [2.24, 2.45) is 0 Å². The predicted molar refractivity (Wildman–Crippen MR) is 152 cm³/mol. The van der Waals surface area contributed by atoms with Crippen molar-refractivity contribution in [2.45, 2.75) is 0 Å². The van der Waals surface area contributed by atoms with Gasteiger partial charge in [0, 0.05) is 38.6 Å². The lowest BCUT2D eigenvalue weighted by atomic mass is 9.97. The van der Waals surface area contributed by atoms with Crippen molar-refractivity contribution in [3.05, 3.63) is 146 Å². The van der Waals surface area contributed by atoms with Gasteiger partial charge in [0.2, 0.25) is 0 Å². The molecule has 1 heterocycles. The normalized spacial score (nSPS) is 11.4. The first-order valence-electron chi connectivity index (χ1n) is 12.0. The van der Waals surface area contributed by atoms with Crippen LogP contribution in [0.3, 0.4) is 0 Å². The highest BCUT2D eigenvalue weighted by Gasteiger charge is 2.29. The standard InChI is InChI=1S/C33H24NOP/c35-36(27-14-6-2-7-15-27,28-16-8-3-9-17-28)29-22-20-25(21-23-29)32-24-34-33(26-12-4-1-5-13-26)31-19-11-10-18-30(31)32/h1-24H. The molecule has 0 radical (unpaired) electrons. The van der Waals surface area contributed by atoms with Crippen molar-refractivity contribution < 1.29 is 4.57 Å². The number of rotatable bonds is 5. The van der Waals surface area contributed by atoms with Gasteiger partial charge in [0.05, 0.1) is 5.69 Å². The van der Waals surface area contributed by atoms with Crippen LogP contribution in [0.25, 0.3) is 33.2 Å².